The van der Waals surface area contributed by atoms with E-state index in [0.717, 1.165) is 52.1 Å². The van der Waals surface area contributed by atoms with E-state index < -0.39 is 52.8 Å². The third-order valence-corrected chi connectivity index (χ3v) is 7.02. The van der Waals surface area contributed by atoms with Gasteiger partial charge in [-0.25, -0.2) is 8.42 Å². The number of aliphatic hydroxyl groups is 4. The summed E-state index contributed by atoms with van der Waals surface area (Å²) in [5.41, 5.74) is 0.430. The number of benzene rings is 1. The topological polar surface area (TPSA) is 224 Å². The average molecular weight is 673 g/mol. The quantitative estimate of drug-likeness (QED) is 0.0523. The molecule has 14 nitrogen and oxygen atoms in total. The Kier molecular flexibility index (Phi) is 21.3. The molecule has 0 aromatic heterocycles. The van der Waals surface area contributed by atoms with Crippen molar-refractivity contribution >= 4 is 16.4 Å². The summed E-state index contributed by atoms with van der Waals surface area (Å²) in [6.45, 7) is 1.62. The van der Waals surface area contributed by atoms with Crippen molar-refractivity contribution in [3.63, 3.8) is 0 Å². The number of hydrogen-bond acceptors (Lipinski definition) is 14. The van der Waals surface area contributed by atoms with Crippen LogP contribution >= 0.6 is 0 Å². The molecule has 0 radical (unpaired) electrons. The minimum Gasteiger partial charge on any atom is -0.716 e. The smallest absolute Gasteiger partial charge is 0.716 e. The van der Waals surface area contributed by atoms with Crippen LogP contribution in [0.25, 0.3) is 0 Å². The molecule has 0 aliphatic carbocycles. The summed E-state index contributed by atoms with van der Waals surface area (Å²) < 4.78 is 60.8. The zero-order chi connectivity index (χ0) is 30.0. The zero-order valence-electron chi connectivity index (χ0n) is 24.7. The number of hydrogen-bond donors (Lipinski definition) is 4. The van der Waals surface area contributed by atoms with Crippen LogP contribution < -0.4 is 126 Å². The molecule has 1 aliphatic rings. The molecular weight excluding hydrogens is 635 g/mol. The Morgan fingerprint density at radius 3 is 1.81 bits per heavy atom. The van der Waals surface area contributed by atoms with Crippen molar-refractivity contribution in [1.29, 1.82) is 0 Å². The first-order valence-corrected chi connectivity index (χ1v) is 14.3. The maximum absolute atomic E-state index is 11.5. The second kappa shape index (κ2) is 20.9. The number of rotatable bonds is 17. The molecule has 0 spiro atoms. The number of carboxylic acids is 1. The summed E-state index contributed by atoms with van der Waals surface area (Å²) in [7, 11) is -2.89. The van der Waals surface area contributed by atoms with Gasteiger partial charge in [0.15, 0.2) is 11.5 Å². The van der Waals surface area contributed by atoms with Crippen molar-refractivity contribution < 1.29 is 169 Å². The van der Waals surface area contributed by atoms with Crippen molar-refractivity contribution in [2.45, 2.75) is 95.4 Å². The fourth-order valence-electron chi connectivity index (χ4n) is 4.55. The Balaban J connectivity index is 0.00000840. The largest absolute Gasteiger partial charge is 1.00 e. The Morgan fingerprint density at radius 2 is 1.33 bits per heavy atom. The van der Waals surface area contributed by atoms with Gasteiger partial charge < -0.3 is 58.0 Å². The van der Waals surface area contributed by atoms with Crippen molar-refractivity contribution in [3.8, 4) is 23.0 Å². The Labute approximate surface area is 331 Å². The molecule has 0 unspecified atom stereocenters. The van der Waals surface area contributed by atoms with Gasteiger partial charge >= 0.3 is 103 Å². The van der Waals surface area contributed by atoms with Crippen molar-refractivity contribution in [2.24, 2.45) is 0 Å². The summed E-state index contributed by atoms with van der Waals surface area (Å²) in [5, 5.41) is 50.9. The average Bonchev–Trinajstić information content (AvgIpc) is 2.89. The molecule has 1 heterocycles. The van der Waals surface area contributed by atoms with E-state index in [1.165, 1.54) is 14.0 Å². The molecule has 2 rings (SSSR count). The summed E-state index contributed by atoms with van der Waals surface area (Å²) >= 11 is 0. The normalized spacial score (nSPS) is 22.0. The van der Waals surface area contributed by atoms with Gasteiger partial charge in [0, 0.05) is 17.7 Å². The van der Waals surface area contributed by atoms with Gasteiger partial charge in [-0.2, -0.15) is 0 Å². The van der Waals surface area contributed by atoms with Crippen molar-refractivity contribution in [1.82, 2.24) is 0 Å². The van der Waals surface area contributed by atoms with Gasteiger partial charge in [0.25, 0.3) is 10.4 Å². The van der Waals surface area contributed by atoms with Gasteiger partial charge in [0.05, 0.1) is 20.2 Å². The number of aliphatic hydroxyl groups excluding tert-OH is 4. The maximum atomic E-state index is 11.5. The van der Waals surface area contributed by atoms with Gasteiger partial charge in [0.1, 0.15) is 24.4 Å². The van der Waals surface area contributed by atoms with Crippen LogP contribution in [-0.2, 0) is 26.4 Å². The molecule has 0 bridgehead atoms. The minimum absolute atomic E-state index is 0. The molecule has 1 saturated heterocycles. The van der Waals surface area contributed by atoms with Gasteiger partial charge in [-0.3, -0.25) is 0 Å². The zero-order valence-corrected chi connectivity index (χ0v) is 31.8. The van der Waals surface area contributed by atoms with E-state index in [2.05, 4.69) is 4.18 Å². The molecule has 4 N–H and O–H groups in total. The number of carbonyl (C=O) groups is 1. The monoisotopic (exact) mass is 672 g/mol. The molecule has 5 atom stereocenters. The molecular formula is C25H38K2O14S. The van der Waals surface area contributed by atoms with Gasteiger partial charge in [0.2, 0.25) is 17.8 Å². The maximum Gasteiger partial charge on any atom is 1.00 e. The third-order valence-electron chi connectivity index (χ3n) is 6.65. The Bertz CT molecular complexity index is 1090. The first-order chi connectivity index (χ1) is 18.9. The summed E-state index contributed by atoms with van der Waals surface area (Å²) in [6, 6.07) is 0. The Morgan fingerprint density at radius 1 is 0.833 bits per heavy atom. The molecule has 42 heavy (non-hydrogen) atoms. The van der Waals surface area contributed by atoms with Crippen molar-refractivity contribution in [2.75, 3.05) is 20.8 Å². The summed E-state index contributed by atoms with van der Waals surface area (Å²) in [4.78, 5) is 11.4. The second-order valence-corrected chi connectivity index (χ2v) is 10.4. The van der Waals surface area contributed by atoms with E-state index in [4.69, 9.17) is 24.1 Å². The minimum atomic E-state index is -5.24. The molecule has 1 fully saturated rings. The molecule has 230 valence electrons. The fraction of sp³-hybridized carbons (Fsp3) is 0.720. The standard InChI is InChI=1S/C25H40O14S.2K/c1-14-15(12-10-8-6-4-5-7-9-11-13-26)20(23(36-3)22(35-2)19(14)39-40(32,33)34)37-25-18(29)16(27)17(28)21(38-25)24(30)31;;/h16-18,21,25-29H,4-13H2,1-3H3,(H,30,31)(H,32,33,34);;/q;2*+1/p-2/t16-,17-,18+,21-,25+;;/m0../s1. The van der Waals surface area contributed by atoms with Crippen LogP contribution in [0.1, 0.15) is 62.5 Å². The summed E-state index contributed by atoms with van der Waals surface area (Å²) in [5.74, 6) is -3.00. The van der Waals surface area contributed by atoms with Crippen LogP contribution in [-0.4, -0.2) is 90.9 Å². The number of unbranched alkanes of at least 4 members (excludes halogenated alkanes) is 7. The summed E-state index contributed by atoms with van der Waals surface area (Å²) in [6.07, 6.45) is -2.55. The molecule has 0 amide bonds. The molecule has 1 aromatic carbocycles. The first kappa shape index (κ1) is 42.9. The number of ether oxygens (including phenoxy) is 4. The van der Waals surface area contributed by atoms with E-state index in [1.54, 1.807) is 0 Å². The second-order valence-electron chi connectivity index (χ2n) is 9.46. The predicted molar refractivity (Wildman–Crippen MR) is 135 cm³/mol. The van der Waals surface area contributed by atoms with Crippen LogP contribution in [0.2, 0.25) is 0 Å². The number of carboxylic acid groups (broad SMARTS) is 1. The van der Waals surface area contributed by atoms with Gasteiger partial charge in [-0.05, 0) is 26.2 Å². The molecule has 1 aliphatic heterocycles. The van der Waals surface area contributed by atoms with Crippen molar-refractivity contribution in [3.05, 3.63) is 11.1 Å². The number of aliphatic carboxylic acids is 1. The predicted octanol–water partition coefficient (Wildman–Crippen LogP) is -6.55. The third kappa shape index (κ3) is 12.2. The van der Waals surface area contributed by atoms with E-state index in [-0.39, 0.29) is 139 Å². The molecule has 1 aromatic rings. The number of carbonyl (C=O) groups excluding carboxylic acids is 1. The van der Waals surface area contributed by atoms with E-state index in [0.29, 0.717) is 12.0 Å². The molecule has 0 saturated carbocycles. The van der Waals surface area contributed by atoms with E-state index in [1.807, 2.05) is 0 Å². The van der Waals surface area contributed by atoms with E-state index >= 15 is 0 Å². The van der Waals surface area contributed by atoms with Crippen LogP contribution in [0.15, 0.2) is 0 Å². The SMILES string of the molecule is COc1c(OS(=O)(=O)[O-])c(C)c(CCCCCCCCCCO)c(O[C@@H]2O[C@H](C(=O)[O-])[C@@H](O)[C@H](O)[C@H]2O)c1OC.[K+].[K+]. The van der Waals surface area contributed by atoms with Gasteiger partial charge in [-0.1, -0.05) is 38.5 Å². The van der Waals surface area contributed by atoms with Crippen LogP contribution in [0, 0.1) is 6.92 Å². The fourth-order valence-corrected chi connectivity index (χ4v) is 4.96. The van der Waals surface area contributed by atoms with Crippen LogP contribution in [0.3, 0.4) is 0 Å². The van der Waals surface area contributed by atoms with Gasteiger partial charge in [-0.15, -0.1) is 0 Å². The van der Waals surface area contributed by atoms with E-state index in [9.17, 15) is 38.2 Å². The van der Waals surface area contributed by atoms with Crippen LogP contribution in [0.5, 0.6) is 23.0 Å². The van der Waals surface area contributed by atoms with Crippen LogP contribution in [0.4, 0.5) is 0 Å². The first-order valence-electron chi connectivity index (χ1n) is 13.0. The number of methoxy groups -OCH3 is 2. The Hall–Kier alpha value is 0.873. The molecule has 17 heteroatoms.